The van der Waals surface area contributed by atoms with Crippen LogP contribution in [0.25, 0.3) is 0 Å². The van der Waals surface area contributed by atoms with Gasteiger partial charge in [-0.15, -0.1) is 0 Å². The first-order chi connectivity index (χ1) is 12.4. The smallest absolute Gasteiger partial charge is 0.335 e. The molecule has 3 N–H and O–H groups in total. The van der Waals surface area contributed by atoms with Crippen molar-refractivity contribution >= 4 is 5.97 Å². The lowest BCUT2D eigenvalue weighted by Gasteiger charge is -2.28. The average Bonchev–Trinajstić information content (AvgIpc) is 2.95. The Kier molecular flexibility index (Phi) is 6.17. The summed E-state index contributed by atoms with van der Waals surface area (Å²) >= 11 is 0. The Labute approximate surface area is 161 Å². The van der Waals surface area contributed by atoms with Gasteiger partial charge in [0.25, 0.3) is 0 Å². The van der Waals surface area contributed by atoms with Crippen molar-refractivity contribution in [1.29, 1.82) is 0 Å². The van der Waals surface area contributed by atoms with Crippen LogP contribution in [0, 0.1) is 0 Å². The number of ether oxygens (including phenoxy) is 1. The van der Waals surface area contributed by atoms with E-state index in [1.807, 2.05) is 19.9 Å². The van der Waals surface area contributed by atoms with E-state index < -0.39 is 23.3 Å². The van der Waals surface area contributed by atoms with Gasteiger partial charge in [0.2, 0.25) is 0 Å². The molecule has 2 atom stereocenters. The number of carboxylic acids is 1. The van der Waals surface area contributed by atoms with Crippen LogP contribution in [-0.4, -0.2) is 38.6 Å². The molecule has 2 rings (SSSR count). The van der Waals surface area contributed by atoms with Crippen LogP contribution in [0.5, 0.6) is 5.75 Å². The molecule has 0 aliphatic carbocycles. The molecule has 5 nitrogen and oxygen atoms in total. The maximum atomic E-state index is 11.5. The third-order valence-corrected chi connectivity index (χ3v) is 4.64. The number of aromatic carboxylic acids is 1. The molecule has 0 unspecified atom stereocenters. The molecule has 148 valence electrons. The third kappa shape index (κ3) is 5.68. The lowest BCUT2D eigenvalue weighted by atomic mass is 9.90. The van der Waals surface area contributed by atoms with Gasteiger partial charge in [-0.2, -0.15) is 0 Å². The van der Waals surface area contributed by atoms with Gasteiger partial charge in [-0.1, -0.05) is 23.8 Å². The molecule has 5 heteroatoms. The van der Waals surface area contributed by atoms with Gasteiger partial charge in [-0.3, -0.25) is 0 Å². The van der Waals surface area contributed by atoms with Crippen LogP contribution in [-0.2, 0) is 12.8 Å². The Morgan fingerprint density at radius 2 is 1.93 bits per heavy atom. The van der Waals surface area contributed by atoms with Crippen molar-refractivity contribution in [2.45, 2.75) is 71.2 Å². The Morgan fingerprint density at radius 3 is 2.48 bits per heavy atom. The van der Waals surface area contributed by atoms with Crippen molar-refractivity contribution < 1.29 is 24.9 Å². The van der Waals surface area contributed by atoms with E-state index in [1.165, 1.54) is 0 Å². The fraction of sp³-hybridized carbons (Fsp3) is 0.500. The van der Waals surface area contributed by atoms with E-state index in [-0.39, 0.29) is 5.56 Å². The minimum absolute atomic E-state index is 0.233. The molecule has 0 fully saturated rings. The lowest BCUT2D eigenvalue weighted by molar-refractivity contribution is -0.0359. The van der Waals surface area contributed by atoms with E-state index in [4.69, 9.17) is 4.74 Å². The minimum Gasteiger partial charge on any atom is -0.486 e. The Balaban J connectivity index is 2.28. The molecule has 1 aliphatic rings. The van der Waals surface area contributed by atoms with Crippen LogP contribution < -0.4 is 4.74 Å². The molecule has 1 heterocycles. The Morgan fingerprint density at radius 1 is 1.26 bits per heavy atom. The Bertz CT molecular complexity index is 762. The van der Waals surface area contributed by atoms with E-state index in [0.29, 0.717) is 25.0 Å². The van der Waals surface area contributed by atoms with Gasteiger partial charge in [-0.25, -0.2) is 4.79 Å². The first-order valence-corrected chi connectivity index (χ1v) is 9.20. The largest absolute Gasteiger partial charge is 0.486 e. The zero-order valence-corrected chi connectivity index (χ0v) is 16.7. The molecule has 27 heavy (non-hydrogen) atoms. The van der Waals surface area contributed by atoms with E-state index in [1.54, 1.807) is 45.1 Å². The maximum absolute atomic E-state index is 11.5. The van der Waals surface area contributed by atoms with E-state index in [0.717, 1.165) is 16.7 Å². The topological polar surface area (TPSA) is 87.0 Å². The number of aliphatic hydroxyl groups is 2. The summed E-state index contributed by atoms with van der Waals surface area (Å²) in [4.78, 5) is 11.5. The number of rotatable bonds is 7. The highest BCUT2D eigenvalue weighted by atomic mass is 16.5. The highest BCUT2D eigenvalue weighted by Gasteiger charge is 2.39. The predicted octanol–water partition coefficient (Wildman–Crippen LogP) is 3.67. The standard InChI is InChI=1S/C22H30O5/c1-14(2)7-8-15-11-17(20(23)24)12-16-13-18(27-19(15)16)22(5,26)10-6-9-21(3,4)25/h6-7,9,11-12,18,25-26H,8,10,13H2,1-5H3,(H,23,24)/b9-6+/t18-,22+/m1/s1. The van der Waals surface area contributed by atoms with Crippen molar-refractivity contribution in [2.24, 2.45) is 0 Å². The van der Waals surface area contributed by atoms with Gasteiger partial charge in [0.05, 0.1) is 11.2 Å². The quantitative estimate of drug-likeness (QED) is 0.634. The molecule has 0 spiro atoms. The summed E-state index contributed by atoms with van der Waals surface area (Å²) in [7, 11) is 0. The third-order valence-electron chi connectivity index (χ3n) is 4.64. The molecule has 0 amide bonds. The summed E-state index contributed by atoms with van der Waals surface area (Å²) in [5.74, 6) is -0.297. The predicted molar refractivity (Wildman–Crippen MR) is 105 cm³/mol. The zero-order valence-electron chi connectivity index (χ0n) is 16.7. The lowest BCUT2D eigenvalue weighted by Crippen LogP contribution is -2.42. The van der Waals surface area contributed by atoms with Crippen LogP contribution in [0.4, 0.5) is 0 Å². The molecule has 1 aliphatic heterocycles. The zero-order chi connectivity index (χ0) is 20.4. The van der Waals surface area contributed by atoms with Crippen LogP contribution >= 0.6 is 0 Å². The highest BCUT2D eigenvalue weighted by Crippen LogP contribution is 2.38. The van der Waals surface area contributed by atoms with Crippen molar-refractivity contribution in [1.82, 2.24) is 0 Å². The number of carbonyl (C=O) groups is 1. The monoisotopic (exact) mass is 374 g/mol. The first-order valence-electron chi connectivity index (χ1n) is 9.20. The fourth-order valence-corrected chi connectivity index (χ4v) is 3.09. The van der Waals surface area contributed by atoms with Crippen LogP contribution in [0.2, 0.25) is 0 Å². The maximum Gasteiger partial charge on any atom is 0.335 e. The summed E-state index contributed by atoms with van der Waals surface area (Å²) in [6.07, 6.45) is 6.30. The molecule has 1 aromatic rings. The molecule has 0 bridgehead atoms. The number of fused-ring (bicyclic) bond motifs is 1. The molecule has 1 aromatic carbocycles. The van der Waals surface area contributed by atoms with Crippen molar-refractivity contribution in [3.05, 3.63) is 52.6 Å². The van der Waals surface area contributed by atoms with Gasteiger partial charge in [0.15, 0.2) is 0 Å². The van der Waals surface area contributed by atoms with E-state index >= 15 is 0 Å². The van der Waals surface area contributed by atoms with Gasteiger partial charge in [0, 0.05) is 6.42 Å². The number of benzene rings is 1. The number of carboxylic acid groups (broad SMARTS) is 1. The van der Waals surface area contributed by atoms with Crippen LogP contribution in [0.3, 0.4) is 0 Å². The first kappa shape index (κ1) is 21.2. The van der Waals surface area contributed by atoms with Gasteiger partial charge >= 0.3 is 5.97 Å². The summed E-state index contributed by atoms with van der Waals surface area (Å²) in [6.45, 7) is 9.02. The SMILES string of the molecule is CC(C)=CCc1cc(C(=O)O)cc2c1O[C@@H]([C@@](C)(O)C/C=C/C(C)(C)O)C2. The molecule has 0 saturated heterocycles. The molecule has 0 radical (unpaired) electrons. The summed E-state index contributed by atoms with van der Waals surface area (Å²) in [5.41, 5.74) is 0.918. The summed E-state index contributed by atoms with van der Waals surface area (Å²) in [6, 6.07) is 3.28. The molecular weight excluding hydrogens is 344 g/mol. The fourth-order valence-electron chi connectivity index (χ4n) is 3.09. The van der Waals surface area contributed by atoms with E-state index in [2.05, 4.69) is 0 Å². The second kappa shape index (κ2) is 7.87. The molecule has 0 saturated carbocycles. The second-order valence-electron chi connectivity index (χ2n) is 8.34. The number of hydrogen-bond donors (Lipinski definition) is 3. The van der Waals surface area contributed by atoms with Gasteiger partial charge in [-0.05, 0) is 70.7 Å². The number of hydrogen-bond acceptors (Lipinski definition) is 4. The van der Waals surface area contributed by atoms with Crippen LogP contribution in [0.1, 0.15) is 62.5 Å². The molecular formula is C22H30O5. The summed E-state index contributed by atoms with van der Waals surface area (Å²) < 4.78 is 6.08. The van der Waals surface area contributed by atoms with Crippen molar-refractivity contribution in [3.8, 4) is 5.75 Å². The highest BCUT2D eigenvalue weighted by molar-refractivity contribution is 5.88. The minimum atomic E-state index is -1.14. The summed E-state index contributed by atoms with van der Waals surface area (Å²) in [5, 5.41) is 30.1. The van der Waals surface area contributed by atoms with Crippen LogP contribution in [0.15, 0.2) is 35.9 Å². The Hall–Kier alpha value is -2.11. The van der Waals surface area contributed by atoms with Crippen molar-refractivity contribution in [2.75, 3.05) is 0 Å². The van der Waals surface area contributed by atoms with Gasteiger partial charge in [0.1, 0.15) is 17.5 Å². The average molecular weight is 374 g/mol. The normalized spacial score (nSPS) is 18.7. The van der Waals surface area contributed by atoms with Gasteiger partial charge < -0.3 is 20.1 Å². The van der Waals surface area contributed by atoms with E-state index in [9.17, 15) is 20.1 Å². The number of allylic oxidation sites excluding steroid dienone is 2. The van der Waals surface area contributed by atoms with Crippen molar-refractivity contribution in [3.63, 3.8) is 0 Å². The second-order valence-corrected chi connectivity index (χ2v) is 8.34. The molecule has 0 aromatic heterocycles.